The molecule has 90 valence electrons. The van der Waals surface area contributed by atoms with Crippen molar-refractivity contribution in [1.29, 1.82) is 0 Å². The zero-order chi connectivity index (χ0) is 12.0. The molecule has 1 rings (SSSR count). The van der Waals surface area contributed by atoms with Crippen molar-refractivity contribution in [2.24, 2.45) is 0 Å². The van der Waals surface area contributed by atoms with E-state index in [9.17, 15) is 9.59 Å². The first-order valence-corrected chi connectivity index (χ1v) is 5.45. The summed E-state index contributed by atoms with van der Waals surface area (Å²) < 4.78 is 9.75. The Bertz CT molecular complexity index is 288. The normalized spacial score (nSPS) is 23.9. The standard InChI is InChI=1S/C11H17NO4/c1-3-15-10(13)8-6-5-7-9(12-8)11(14)16-4-2/h5-6,8-9,12H,3-4,7H2,1-2H3. The third-order valence-electron chi connectivity index (χ3n) is 2.19. The van der Waals surface area contributed by atoms with Gasteiger partial charge >= 0.3 is 11.9 Å². The lowest BCUT2D eigenvalue weighted by Gasteiger charge is -2.23. The number of nitrogens with one attached hydrogen (secondary N) is 1. The Hall–Kier alpha value is -1.36. The van der Waals surface area contributed by atoms with E-state index in [-0.39, 0.29) is 11.9 Å². The summed E-state index contributed by atoms with van der Waals surface area (Å²) in [6.45, 7) is 4.16. The number of hydrogen-bond donors (Lipinski definition) is 1. The van der Waals surface area contributed by atoms with E-state index in [1.807, 2.05) is 0 Å². The smallest absolute Gasteiger partial charge is 0.327 e. The number of ether oxygens (including phenoxy) is 2. The summed E-state index contributed by atoms with van der Waals surface area (Å²) in [6, 6.07) is -1.01. The van der Waals surface area contributed by atoms with Crippen molar-refractivity contribution in [1.82, 2.24) is 5.32 Å². The van der Waals surface area contributed by atoms with Crippen LogP contribution in [0.5, 0.6) is 0 Å². The minimum Gasteiger partial charge on any atom is -0.465 e. The molecule has 1 heterocycles. The highest BCUT2D eigenvalue weighted by Gasteiger charge is 2.28. The van der Waals surface area contributed by atoms with Gasteiger partial charge in [0.2, 0.25) is 0 Å². The summed E-state index contributed by atoms with van der Waals surface area (Å²) in [4.78, 5) is 22.9. The number of esters is 2. The number of rotatable bonds is 4. The zero-order valence-electron chi connectivity index (χ0n) is 9.56. The van der Waals surface area contributed by atoms with Crippen LogP contribution < -0.4 is 5.32 Å². The van der Waals surface area contributed by atoms with Gasteiger partial charge in [-0.1, -0.05) is 12.2 Å². The van der Waals surface area contributed by atoms with Crippen LogP contribution in [0.3, 0.4) is 0 Å². The monoisotopic (exact) mass is 227 g/mol. The highest BCUT2D eigenvalue weighted by atomic mass is 16.5. The molecular formula is C11H17NO4. The molecule has 0 aromatic heterocycles. The topological polar surface area (TPSA) is 64.6 Å². The van der Waals surface area contributed by atoms with Crippen molar-refractivity contribution in [2.45, 2.75) is 32.4 Å². The Labute approximate surface area is 94.8 Å². The quantitative estimate of drug-likeness (QED) is 0.556. The fourth-order valence-electron chi connectivity index (χ4n) is 1.48. The van der Waals surface area contributed by atoms with Crippen molar-refractivity contribution in [3.63, 3.8) is 0 Å². The second-order valence-corrected chi connectivity index (χ2v) is 3.36. The Morgan fingerprint density at radius 3 is 2.50 bits per heavy atom. The molecule has 16 heavy (non-hydrogen) atoms. The summed E-state index contributed by atoms with van der Waals surface area (Å²) in [6.07, 6.45) is 4.03. The Morgan fingerprint density at radius 2 is 1.88 bits per heavy atom. The summed E-state index contributed by atoms with van der Waals surface area (Å²) >= 11 is 0. The molecule has 5 heteroatoms. The largest absolute Gasteiger partial charge is 0.465 e. The summed E-state index contributed by atoms with van der Waals surface area (Å²) in [5.41, 5.74) is 0. The van der Waals surface area contributed by atoms with Crippen LogP contribution in [0.1, 0.15) is 20.3 Å². The predicted octanol–water partition coefficient (Wildman–Crippen LogP) is 0.399. The highest BCUT2D eigenvalue weighted by Crippen LogP contribution is 2.08. The Morgan fingerprint density at radius 1 is 1.25 bits per heavy atom. The summed E-state index contributed by atoms with van der Waals surface area (Å²) in [7, 11) is 0. The van der Waals surface area contributed by atoms with E-state index in [0.29, 0.717) is 19.6 Å². The van der Waals surface area contributed by atoms with Gasteiger partial charge in [0, 0.05) is 0 Å². The molecule has 0 bridgehead atoms. The van der Waals surface area contributed by atoms with Crippen LogP contribution in [0, 0.1) is 0 Å². The number of carbonyl (C=O) groups is 2. The van der Waals surface area contributed by atoms with Crippen LogP contribution in [0.15, 0.2) is 12.2 Å². The molecule has 0 aromatic rings. The lowest BCUT2D eigenvalue weighted by molar-refractivity contribution is -0.148. The van der Waals surface area contributed by atoms with Gasteiger partial charge in [0.1, 0.15) is 12.1 Å². The minimum absolute atomic E-state index is 0.328. The third kappa shape index (κ3) is 3.34. The second kappa shape index (κ2) is 6.27. The maximum absolute atomic E-state index is 11.5. The van der Waals surface area contributed by atoms with E-state index in [2.05, 4.69) is 5.32 Å². The maximum Gasteiger partial charge on any atom is 0.327 e. The fraction of sp³-hybridized carbons (Fsp3) is 0.636. The predicted molar refractivity (Wildman–Crippen MR) is 57.7 cm³/mol. The van der Waals surface area contributed by atoms with E-state index in [1.165, 1.54) is 0 Å². The van der Waals surface area contributed by atoms with Gasteiger partial charge < -0.3 is 9.47 Å². The van der Waals surface area contributed by atoms with Gasteiger partial charge in [-0.05, 0) is 20.3 Å². The molecule has 1 aliphatic rings. The van der Waals surface area contributed by atoms with E-state index in [4.69, 9.17) is 9.47 Å². The van der Waals surface area contributed by atoms with Crippen LogP contribution in [0.2, 0.25) is 0 Å². The first-order valence-electron chi connectivity index (χ1n) is 5.45. The molecule has 0 saturated heterocycles. The SMILES string of the molecule is CCOC(=O)C1C=CCC(C(=O)OCC)N1. The number of carbonyl (C=O) groups excluding carboxylic acids is 2. The molecule has 0 fully saturated rings. The van der Waals surface area contributed by atoms with Gasteiger partial charge in [-0.25, -0.2) is 0 Å². The van der Waals surface area contributed by atoms with Crippen LogP contribution in [0.25, 0.3) is 0 Å². The van der Waals surface area contributed by atoms with Gasteiger partial charge in [-0.15, -0.1) is 0 Å². The highest BCUT2D eigenvalue weighted by molar-refractivity contribution is 5.82. The molecule has 2 atom stereocenters. The molecule has 0 amide bonds. The molecule has 0 radical (unpaired) electrons. The fourth-order valence-corrected chi connectivity index (χ4v) is 1.48. The minimum atomic E-state index is -0.553. The van der Waals surface area contributed by atoms with E-state index < -0.39 is 12.1 Å². The van der Waals surface area contributed by atoms with Gasteiger partial charge in [0.05, 0.1) is 13.2 Å². The van der Waals surface area contributed by atoms with Crippen LogP contribution in [0.4, 0.5) is 0 Å². The molecule has 0 spiro atoms. The average molecular weight is 227 g/mol. The molecule has 1 aliphatic heterocycles. The first kappa shape index (κ1) is 12.7. The van der Waals surface area contributed by atoms with Gasteiger partial charge in [-0.2, -0.15) is 0 Å². The molecule has 1 N–H and O–H groups in total. The lowest BCUT2D eigenvalue weighted by Crippen LogP contribution is -2.49. The van der Waals surface area contributed by atoms with Gasteiger partial charge in [0.15, 0.2) is 0 Å². The molecule has 5 nitrogen and oxygen atoms in total. The second-order valence-electron chi connectivity index (χ2n) is 3.36. The van der Waals surface area contributed by atoms with E-state index >= 15 is 0 Å². The summed E-state index contributed by atoms with van der Waals surface area (Å²) in [5.74, 6) is -0.700. The third-order valence-corrected chi connectivity index (χ3v) is 2.19. The molecule has 2 unspecified atom stereocenters. The van der Waals surface area contributed by atoms with Crippen molar-refractivity contribution in [3.05, 3.63) is 12.2 Å². The number of hydrogen-bond acceptors (Lipinski definition) is 5. The van der Waals surface area contributed by atoms with Crippen molar-refractivity contribution < 1.29 is 19.1 Å². The van der Waals surface area contributed by atoms with Crippen molar-refractivity contribution in [2.75, 3.05) is 13.2 Å². The zero-order valence-corrected chi connectivity index (χ0v) is 9.56. The molecular weight excluding hydrogens is 210 g/mol. The maximum atomic E-state index is 11.5. The van der Waals surface area contributed by atoms with E-state index in [1.54, 1.807) is 26.0 Å². The van der Waals surface area contributed by atoms with Gasteiger partial charge in [0.25, 0.3) is 0 Å². The lowest BCUT2D eigenvalue weighted by atomic mass is 10.1. The molecule has 0 saturated carbocycles. The van der Waals surface area contributed by atoms with Crippen LogP contribution in [-0.2, 0) is 19.1 Å². The average Bonchev–Trinajstić information content (AvgIpc) is 2.30. The Kier molecular flexibility index (Phi) is 4.98. The van der Waals surface area contributed by atoms with Crippen molar-refractivity contribution >= 4 is 11.9 Å². The molecule has 0 aliphatic carbocycles. The molecule has 0 aromatic carbocycles. The van der Waals surface area contributed by atoms with E-state index in [0.717, 1.165) is 0 Å². The van der Waals surface area contributed by atoms with Crippen LogP contribution in [-0.4, -0.2) is 37.2 Å². The van der Waals surface area contributed by atoms with Crippen LogP contribution >= 0.6 is 0 Å². The van der Waals surface area contributed by atoms with Gasteiger partial charge in [-0.3, -0.25) is 14.9 Å². The summed E-state index contributed by atoms with van der Waals surface area (Å²) in [5, 5.41) is 2.89. The van der Waals surface area contributed by atoms with Crippen molar-refractivity contribution in [3.8, 4) is 0 Å². The Balaban J connectivity index is 2.53. The first-order chi connectivity index (χ1) is 7.69.